The predicted octanol–water partition coefficient (Wildman–Crippen LogP) is 6.57. The highest BCUT2D eigenvalue weighted by atomic mass is 32.1. The summed E-state index contributed by atoms with van der Waals surface area (Å²) in [5.41, 5.74) is 3.60. The number of rotatable bonds is 9. The van der Waals surface area contributed by atoms with Crippen molar-refractivity contribution in [3.63, 3.8) is 0 Å². The van der Waals surface area contributed by atoms with Gasteiger partial charge in [0.05, 0.1) is 16.1 Å². The number of aromatic nitrogens is 2. The molecule has 0 radical (unpaired) electrons. The van der Waals surface area contributed by atoms with Crippen LogP contribution in [0.2, 0.25) is 0 Å². The molecule has 3 N–H and O–H groups in total. The Hall–Kier alpha value is -4.60. The highest BCUT2D eigenvalue weighted by Crippen LogP contribution is 2.27. The second-order valence-corrected chi connectivity index (χ2v) is 11.3. The Bertz CT molecular complexity index is 1650. The Labute approximate surface area is 248 Å². The third-order valence-electron chi connectivity index (χ3n) is 7.29. The molecule has 0 spiro atoms. The molecule has 0 unspecified atom stereocenters. The van der Waals surface area contributed by atoms with E-state index >= 15 is 0 Å². The van der Waals surface area contributed by atoms with E-state index in [2.05, 4.69) is 25.8 Å². The summed E-state index contributed by atoms with van der Waals surface area (Å²) in [6.07, 6.45) is 5.46. The van der Waals surface area contributed by atoms with Gasteiger partial charge in [-0.3, -0.25) is 9.59 Å². The van der Waals surface area contributed by atoms with Crippen molar-refractivity contribution in [3.8, 4) is 11.3 Å². The van der Waals surface area contributed by atoms with Gasteiger partial charge in [0.1, 0.15) is 10.6 Å². The molecule has 1 aliphatic rings. The van der Waals surface area contributed by atoms with Crippen LogP contribution in [0.15, 0.2) is 91.1 Å². The fraction of sp³-hybridized carbons (Fsp3) is 0.212. The number of carbonyl (C=O) groups is 2. The number of carbonyl (C=O) groups excluding carboxylic acids is 2. The van der Waals surface area contributed by atoms with Gasteiger partial charge in [-0.15, -0.1) is 11.3 Å². The van der Waals surface area contributed by atoms with E-state index in [1.165, 1.54) is 30.6 Å². The van der Waals surface area contributed by atoms with Crippen molar-refractivity contribution in [3.05, 3.63) is 102 Å². The zero-order valence-corrected chi connectivity index (χ0v) is 24.0. The largest absolute Gasteiger partial charge is 0.351 e. The fourth-order valence-corrected chi connectivity index (χ4v) is 5.96. The molecule has 1 aliphatic heterocycles. The molecule has 2 amide bonds. The lowest BCUT2D eigenvalue weighted by molar-refractivity contribution is 0.0946. The van der Waals surface area contributed by atoms with Gasteiger partial charge in [0.2, 0.25) is 0 Å². The smallest absolute Gasteiger partial charge is 0.265 e. The number of thiophene rings is 1. The van der Waals surface area contributed by atoms with Crippen molar-refractivity contribution in [2.75, 3.05) is 36.8 Å². The van der Waals surface area contributed by atoms with Crippen LogP contribution in [0.3, 0.4) is 0 Å². The first-order valence-corrected chi connectivity index (χ1v) is 15.0. The van der Waals surface area contributed by atoms with Gasteiger partial charge in [-0.05, 0) is 74.5 Å². The molecule has 6 rings (SSSR count). The number of benzene rings is 2. The summed E-state index contributed by atoms with van der Waals surface area (Å²) in [4.78, 5) is 39.1. The molecule has 2 aromatic carbocycles. The summed E-state index contributed by atoms with van der Waals surface area (Å²) in [5, 5.41) is 10.3. The van der Waals surface area contributed by atoms with Crippen LogP contribution in [0.1, 0.15) is 39.3 Å². The first-order valence-electron chi connectivity index (χ1n) is 14.2. The van der Waals surface area contributed by atoms with E-state index in [1.807, 2.05) is 84.9 Å². The SMILES string of the molecule is O=C(Nc1ccc(-c2ccc(C(=O)NCCN3CCCCC3)c(Nc3ccccc3)n2)cc1)c1cc2cccnc2s1. The monoisotopic (exact) mass is 576 g/mol. The molecule has 212 valence electrons. The van der Waals surface area contributed by atoms with Gasteiger partial charge in [-0.2, -0.15) is 0 Å². The molecule has 0 bridgehead atoms. The second-order valence-electron chi connectivity index (χ2n) is 10.3. The Morgan fingerprint density at radius 1 is 0.833 bits per heavy atom. The number of nitrogens with one attached hydrogen (secondary N) is 3. The number of amides is 2. The number of anilines is 3. The Balaban J connectivity index is 1.17. The molecule has 8 nitrogen and oxygen atoms in total. The van der Waals surface area contributed by atoms with Gasteiger partial charge in [-0.1, -0.05) is 42.8 Å². The molecule has 4 heterocycles. The molecule has 0 atom stereocenters. The maximum atomic E-state index is 13.2. The lowest BCUT2D eigenvalue weighted by Gasteiger charge is -2.26. The molecule has 5 aromatic rings. The number of hydrogen-bond donors (Lipinski definition) is 3. The Kier molecular flexibility index (Phi) is 8.48. The molecule has 1 saturated heterocycles. The third kappa shape index (κ3) is 6.64. The van der Waals surface area contributed by atoms with Gasteiger partial charge in [0.15, 0.2) is 0 Å². The highest BCUT2D eigenvalue weighted by molar-refractivity contribution is 7.20. The summed E-state index contributed by atoms with van der Waals surface area (Å²) >= 11 is 1.37. The molecule has 0 saturated carbocycles. The van der Waals surface area contributed by atoms with Crippen LogP contribution in [0.4, 0.5) is 17.2 Å². The first kappa shape index (κ1) is 27.6. The van der Waals surface area contributed by atoms with Gasteiger partial charge < -0.3 is 20.9 Å². The van der Waals surface area contributed by atoms with Crippen molar-refractivity contribution in [1.82, 2.24) is 20.2 Å². The quantitative estimate of drug-likeness (QED) is 0.184. The molecule has 0 aliphatic carbocycles. The minimum Gasteiger partial charge on any atom is -0.351 e. The first-order chi connectivity index (χ1) is 20.6. The number of para-hydroxylation sites is 1. The maximum absolute atomic E-state index is 13.2. The van der Waals surface area contributed by atoms with Crippen molar-refractivity contribution in [2.45, 2.75) is 19.3 Å². The number of piperidine rings is 1. The topological polar surface area (TPSA) is 99.2 Å². The average molecular weight is 577 g/mol. The van der Waals surface area contributed by atoms with Crippen molar-refractivity contribution in [1.29, 1.82) is 0 Å². The molecular formula is C33H32N6O2S. The molecular weight excluding hydrogens is 544 g/mol. The minimum absolute atomic E-state index is 0.154. The van der Waals surface area contributed by atoms with E-state index in [1.54, 1.807) is 6.20 Å². The standard InChI is InChI=1S/C33H32N6O2S/c40-31(34-18-21-39-19-5-2-6-20-39)27-15-16-28(38-30(27)36-25-9-3-1-4-10-25)23-11-13-26(14-12-23)37-32(41)29-22-24-8-7-17-35-33(24)42-29/h1,3-4,7-17,22H,2,5-6,18-21H2,(H,34,40)(H,36,38)(H,37,41). The lowest BCUT2D eigenvalue weighted by Crippen LogP contribution is -2.37. The molecule has 1 fully saturated rings. The summed E-state index contributed by atoms with van der Waals surface area (Å²) in [5.74, 6) is 0.165. The fourth-order valence-electron chi connectivity index (χ4n) is 5.06. The normalized spacial score (nSPS) is 13.5. The summed E-state index contributed by atoms with van der Waals surface area (Å²) in [7, 11) is 0. The van der Waals surface area contributed by atoms with Gasteiger partial charge >= 0.3 is 0 Å². The van der Waals surface area contributed by atoms with Crippen molar-refractivity contribution >= 4 is 50.6 Å². The average Bonchev–Trinajstić information content (AvgIpc) is 3.47. The molecule has 3 aromatic heterocycles. The predicted molar refractivity (Wildman–Crippen MR) is 170 cm³/mol. The number of pyridine rings is 2. The molecule has 42 heavy (non-hydrogen) atoms. The summed E-state index contributed by atoms with van der Waals surface area (Å²) in [6, 6.07) is 26.6. The number of fused-ring (bicyclic) bond motifs is 1. The number of likely N-dealkylation sites (tertiary alicyclic amines) is 1. The van der Waals surface area contributed by atoms with Gasteiger partial charge in [0.25, 0.3) is 11.8 Å². The van der Waals surface area contributed by atoms with Crippen LogP contribution in [0.25, 0.3) is 21.5 Å². The van der Waals surface area contributed by atoms with Crippen LogP contribution >= 0.6 is 11.3 Å². The van der Waals surface area contributed by atoms with Crippen LogP contribution in [0, 0.1) is 0 Å². The van der Waals surface area contributed by atoms with E-state index in [9.17, 15) is 9.59 Å². The highest BCUT2D eigenvalue weighted by Gasteiger charge is 2.17. The molecule has 9 heteroatoms. The van der Waals surface area contributed by atoms with E-state index in [-0.39, 0.29) is 11.8 Å². The number of nitrogens with zero attached hydrogens (tertiary/aromatic N) is 3. The van der Waals surface area contributed by atoms with Gasteiger partial charge in [0, 0.05) is 41.6 Å². The van der Waals surface area contributed by atoms with Crippen LogP contribution < -0.4 is 16.0 Å². The Morgan fingerprint density at radius 2 is 1.64 bits per heavy atom. The third-order valence-corrected chi connectivity index (χ3v) is 8.35. The maximum Gasteiger partial charge on any atom is 0.265 e. The minimum atomic E-state index is -0.172. The van der Waals surface area contributed by atoms with Gasteiger partial charge in [-0.25, -0.2) is 9.97 Å². The zero-order valence-electron chi connectivity index (χ0n) is 23.2. The summed E-state index contributed by atoms with van der Waals surface area (Å²) < 4.78 is 0. The van der Waals surface area contributed by atoms with E-state index in [0.29, 0.717) is 34.2 Å². The van der Waals surface area contributed by atoms with Crippen LogP contribution in [-0.4, -0.2) is 52.9 Å². The Morgan fingerprint density at radius 3 is 2.43 bits per heavy atom. The summed E-state index contributed by atoms with van der Waals surface area (Å²) in [6.45, 7) is 3.63. The second kappa shape index (κ2) is 12.9. The van der Waals surface area contributed by atoms with Crippen LogP contribution in [-0.2, 0) is 0 Å². The van der Waals surface area contributed by atoms with E-state index in [0.717, 1.165) is 41.1 Å². The number of hydrogen-bond acceptors (Lipinski definition) is 7. The van der Waals surface area contributed by atoms with Crippen molar-refractivity contribution in [2.24, 2.45) is 0 Å². The van der Waals surface area contributed by atoms with Crippen molar-refractivity contribution < 1.29 is 9.59 Å². The van der Waals surface area contributed by atoms with E-state index in [4.69, 9.17) is 4.98 Å². The van der Waals surface area contributed by atoms with E-state index < -0.39 is 0 Å². The zero-order chi connectivity index (χ0) is 28.7. The lowest BCUT2D eigenvalue weighted by atomic mass is 10.1. The van der Waals surface area contributed by atoms with Crippen LogP contribution in [0.5, 0.6) is 0 Å².